The number of rotatable bonds is 6. The lowest BCUT2D eigenvalue weighted by Gasteiger charge is -2.27. The highest BCUT2D eigenvalue weighted by molar-refractivity contribution is 5.92. The fraction of sp³-hybridized carbons (Fsp3) is 0.800. The Morgan fingerprint density at radius 3 is 2.36 bits per heavy atom. The fourth-order valence-electron chi connectivity index (χ4n) is 1.10. The predicted octanol–water partition coefficient (Wildman–Crippen LogP) is 1.18. The van der Waals surface area contributed by atoms with Crippen LogP contribution in [0.1, 0.15) is 40.0 Å². The zero-order chi connectivity index (χ0) is 11.4. The van der Waals surface area contributed by atoms with E-state index < -0.39 is 17.4 Å². The number of ketones is 1. The topological polar surface area (TPSA) is 80.4 Å². The minimum atomic E-state index is -1.25. The van der Waals surface area contributed by atoms with Crippen LogP contribution >= 0.6 is 0 Å². The van der Waals surface area contributed by atoms with E-state index in [1.165, 1.54) is 13.8 Å². The van der Waals surface area contributed by atoms with E-state index in [9.17, 15) is 9.59 Å². The van der Waals surface area contributed by atoms with E-state index in [-0.39, 0.29) is 5.78 Å². The molecule has 0 aliphatic rings. The molecule has 4 nitrogen and oxygen atoms in total. The highest BCUT2D eigenvalue weighted by Gasteiger charge is 2.37. The summed E-state index contributed by atoms with van der Waals surface area (Å²) in [6.07, 6.45) is 2.03. The van der Waals surface area contributed by atoms with Crippen molar-refractivity contribution in [2.75, 3.05) is 0 Å². The van der Waals surface area contributed by atoms with Crippen LogP contribution in [0.3, 0.4) is 0 Å². The number of nitrogens with two attached hydrogens (primary N) is 1. The summed E-state index contributed by atoms with van der Waals surface area (Å²) in [5.41, 5.74) is 4.47. The van der Waals surface area contributed by atoms with Crippen molar-refractivity contribution in [1.29, 1.82) is 0 Å². The van der Waals surface area contributed by atoms with E-state index in [0.29, 0.717) is 6.42 Å². The highest BCUT2D eigenvalue weighted by atomic mass is 16.4. The minimum Gasteiger partial charge on any atom is -0.481 e. The second-order valence-electron chi connectivity index (χ2n) is 3.87. The number of carboxylic acid groups (broad SMARTS) is 1. The lowest BCUT2D eigenvalue weighted by Crippen LogP contribution is -2.53. The summed E-state index contributed by atoms with van der Waals surface area (Å²) in [5.74, 6) is -2.04. The fourth-order valence-corrected chi connectivity index (χ4v) is 1.10. The largest absolute Gasteiger partial charge is 0.481 e. The molecule has 0 spiro atoms. The highest BCUT2D eigenvalue weighted by Crippen LogP contribution is 2.18. The number of carbonyl (C=O) groups is 2. The lowest BCUT2D eigenvalue weighted by atomic mass is 9.82. The normalized spacial score (nSPS) is 17.1. The molecular formula is C10H19NO3. The van der Waals surface area contributed by atoms with E-state index in [4.69, 9.17) is 10.8 Å². The van der Waals surface area contributed by atoms with Crippen molar-refractivity contribution in [3.63, 3.8) is 0 Å². The number of hydrogen-bond acceptors (Lipinski definition) is 3. The molecule has 0 aliphatic heterocycles. The van der Waals surface area contributed by atoms with Crippen LogP contribution in [-0.2, 0) is 9.59 Å². The number of hydrogen-bond donors (Lipinski definition) is 2. The Labute approximate surface area is 84.5 Å². The van der Waals surface area contributed by atoms with Gasteiger partial charge in [-0.05, 0) is 20.3 Å². The average Bonchev–Trinajstić information content (AvgIpc) is 2.12. The first-order chi connectivity index (χ1) is 6.34. The molecule has 0 saturated heterocycles. The Kier molecular flexibility index (Phi) is 4.77. The molecule has 82 valence electrons. The molecule has 0 aromatic heterocycles. The molecule has 0 saturated carbocycles. The van der Waals surface area contributed by atoms with Crippen molar-refractivity contribution in [2.45, 2.75) is 45.6 Å². The molecule has 0 radical (unpaired) electrons. The van der Waals surface area contributed by atoms with Crippen LogP contribution in [-0.4, -0.2) is 22.4 Å². The summed E-state index contributed by atoms with van der Waals surface area (Å²) in [4.78, 5) is 22.3. The van der Waals surface area contributed by atoms with E-state index in [2.05, 4.69) is 0 Å². The Balaban J connectivity index is 4.44. The molecule has 0 aromatic rings. The van der Waals surface area contributed by atoms with Gasteiger partial charge in [-0.1, -0.05) is 13.3 Å². The summed E-state index contributed by atoms with van der Waals surface area (Å²) in [6.45, 7) is 4.93. The summed E-state index contributed by atoms with van der Waals surface area (Å²) >= 11 is 0. The van der Waals surface area contributed by atoms with Crippen LogP contribution in [0.5, 0.6) is 0 Å². The summed E-state index contributed by atoms with van der Waals surface area (Å²) in [5, 5.41) is 8.76. The van der Waals surface area contributed by atoms with Crippen LogP contribution in [0.2, 0.25) is 0 Å². The Morgan fingerprint density at radius 1 is 1.50 bits per heavy atom. The second kappa shape index (κ2) is 5.10. The van der Waals surface area contributed by atoms with Gasteiger partial charge in [0.1, 0.15) is 0 Å². The van der Waals surface area contributed by atoms with Gasteiger partial charge < -0.3 is 10.8 Å². The van der Waals surface area contributed by atoms with Gasteiger partial charge in [0.15, 0.2) is 5.78 Å². The van der Waals surface area contributed by atoms with Crippen molar-refractivity contribution in [3.05, 3.63) is 0 Å². The van der Waals surface area contributed by atoms with E-state index in [0.717, 1.165) is 12.8 Å². The number of carboxylic acids is 1. The van der Waals surface area contributed by atoms with E-state index >= 15 is 0 Å². The van der Waals surface area contributed by atoms with Gasteiger partial charge >= 0.3 is 5.97 Å². The molecule has 0 aromatic carbocycles. The standard InChI is InChI=1S/C10H19NO3/c1-4-5-6-8(12)10(3,11)7(2)9(13)14/h7H,4-6,11H2,1-3H3,(H,13,14). The van der Waals surface area contributed by atoms with Gasteiger partial charge in [-0.25, -0.2) is 0 Å². The third-order valence-electron chi connectivity index (χ3n) is 2.63. The Morgan fingerprint density at radius 2 is 2.00 bits per heavy atom. The summed E-state index contributed by atoms with van der Waals surface area (Å²) in [6, 6.07) is 0. The molecule has 2 atom stereocenters. The van der Waals surface area contributed by atoms with Gasteiger partial charge in [0, 0.05) is 6.42 Å². The number of Topliss-reactive ketones (excluding diaryl/α,β-unsaturated/α-hetero) is 1. The van der Waals surface area contributed by atoms with Crippen LogP contribution in [0.4, 0.5) is 0 Å². The summed E-state index contributed by atoms with van der Waals surface area (Å²) in [7, 11) is 0. The van der Waals surface area contributed by atoms with Crippen molar-refractivity contribution in [1.82, 2.24) is 0 Å². The molecule has 0 amide bonds. The molecular weight excluding hydrogens is 182 g/mol. The Hall–Kier alpha value is -0.900. The zero-order valence-corrected chi connectivity index (χ0v) is 9.04. The van der Waals surface area contributed by atoms with E-state index in [1.54, 1.807) is 0 Å². The minimum absolute atomic E-state index is 0.172. The van der Waals surface area contributed by atoms with Gasteiger partial charge in [0.2, 0.25) is 0 Å². The average molecular weight is 201 g/mol. The van der Waals surface area contributed by atoms with Gasteiger partial charge in [-0.15, -0.1) is 0 Å². The molecule has 0 bridgehead atoms. The van der Waals surface area contributed by atoms with Crippen LogP contribution in [0.25, 0.3) is 0 Å². The smallest absolute Gasteiger partial charge is 0.308 e. The van der Waals surface area contributed by atoms with E-state index in [1.807, 2.05) is 6.92 Å². The molecule has 3 N–H and O–H groups in total. The summed E-state index contributed by atoms with van der Waals surface area (Å²) < 4.78 is 0. The first-order valence-corrected chi connectivity index (χ1v) is 4.89. The molecule has 14 heavy (non-hydrogen) atoms. The molecule has 0 rings (SSSR count). The van der Waals surface area contributed by atoms with Crippen LogP contribution in [0, 0.1) is 5.92 Å². The molecule has 2 unspecified atom stereocenters. The van der Waals surface area contributed by atoms with Gasteiger partial charge in [-0.2, -0.15) is 0 Å². The maximum atomic E-state index is 11.6. The monoisotopic (exact) mass is 201 g/mol. The molecule has 0 heterocycles. The van der Waals surface area contributed by atoms with Gasteiger partial charge in [0.25, 0.3) is 0 Å². The number of unbranched alkanes of at least 4 members (excludes halogenated alkanes) is 1. The molecule has 4 heteroatoms. The van der Waals surface area contributed by atoms with Gasteiger partial charge in [-0.3, -0.25) is 9.59 Å². The van der Waals surface area contributed by atoms with Crippen molar-refractivity contribution >= 4 is 11.8 Å². The van der Waals surface area contributed by atoms with Crippen molar-refractivity contribution in [2.24, 2.45) is 11.7 Å². The second-order valence-corrected chi connectivity index (χ2v) is 3.87. The SMILES string of the molecule is CCCCC(=O)C(C)(N)C(C)C(=O)O. The first kappa shape index (κ1) is 13.1. The third-order valence-corrected chi connectivity index (χ3v) is 2.63. The quantitative estimate of drug-likeness (QED) is 0.676. The van der Waals surface area contributed by atoms with Crippen LogP contribution in [0.15, 0.2) is 0 Å². The first-order valence-electron chi connectivity index (χ1n) is 4.89. The third kappa shape index (κ3) is 3.10. The van der Waals surface area contributed by atoms with Crippen LogP contribution < -0.4 is 5.73 Å². The van der Waals surface area contributed by atoms with Crippen molar-refractivity contribution < 1.29 is 14.7 Å². The van der Waals surface area contributed by atoms with Crippen molar-refractivity contribution in [3.8, 4) is 0 Å². The number of aliphatic carboxylic acids is 1. The zero-order valence-electron chi connectivity index (χ0n) is 9.04. The maximum Gasteiger partial charge on any atom is 0.308 e. The predicted molar refractivity (Wildman–Crippen MR) is 53.9 cm³/mol. The maximum absolute atomic E-state index is 11.6. The molecule has 0 aliphatic carbocycles. The van der Waals surface area contributed by atoms with Gasteiger partial charge in [0.05, 0.1) is 11.5 Å². The lowest BCUT2D eigenvalue weighted by molar-refractivity contribution is -0.146. The number of carbonyl (C=O) groups excluding carboxylic acids is 1. The molecule has 0 fully saturated rings. The Bertz CT molecular complexity index is 223.